The van der Waals surface area contributed by atoms with Crippen LogP contribution in [0, 0.1) is 0 Å². The number of carbonyl (C=O) groups excluding carboxylic acids is 1. The Hall–Kier alpha value is -0.500. The number of rotatable bonds is 5. The normalized spacial score (nSPS) is 13.2. The summed E-state index contributed by atoms with van der Waals surface area (Å²) in [5.74, 6) is -0.367. The summed E-state index contributed by atoms with van der Waals surface area (Å²) >= 11 is 5.71. The minimum atomic E-state index is -0.478. The lowest BCUT2D eigenvalue weighted by Crippen LogP contribution is -2.10. The Morgan fingerprint density at radius 3 is 2.83 bits per heavy atom. The molecule has 0 bridgehead atoms. The summed E-state index contributed by atoms with van der Waals surface area (Å²) in [5.41, 5.74) is -0.478. The maximum Gasteiger partial charge on any atom is 0.331 e. The zero-order chi connectivity index (χ0) is 9.40. The van der Waals surface area contributed by atoms with Crippen molar-refractivity contribution >= 4 is 17.6 Å². The number of unbranched alkanes of at least 4 members (excludes halogenated alkanes) is 1. The molecule has 1 atom stereocenters. The molecule has 0 aliphatic heterocycles. The first kappa shape index (κ1) is 11.5. The van der Waals surface area contributed by atoms with Crippen LogP contribution < -0.4 is 0 Å². The summed E-state index contributed by atoms with van der Waals surface area (Å²) in [5, 5.41) is 0. The lowest BCUT2D eigenvalue weighted by molar-refractivity contribution is -0.139. The second kappa shape index (κ2) is 7.17. The van der Waals surface area contributed by atoms with E-state index in [4.69, 9.17) is 16.3 Å². The molecule has 1 unspecified atom stereocenters. The molecule has 0 aliphatic rings. The molecule has 0 aromatic heterocycles. The predicted molar refractivity (Wildman–Crippen MR) is 50.1 cm³/mol. The average Bonchev–Trinajstić information content (AvgIpc) is 2.01. The van der Waals surface area contributed by atoms with Crippen LogP contribution >= 0.6 is 11.6 Å². The molecule has 0 aromatic rings. The van der Waals surface area contributed by atoms with Crippen LogP contribution in [0.1, 0.15) is 33.1 Å². The van der Waals surface area contributed by atoms with Crippen LogP contribution in [0.5, 0.6) is 0 Å². The number of hydrogen-bond acceptors (Lipinski definition) is 2. The van der Waals surface area contributed by atoms with Crippen LogP contribution in [-0.4, -0.2) is 11.5 Å². The van der Waals surface area contributed by atoms with Crippen LogP contribution in [-0.2, 0) is 9.53 Å². The van der Waals surface area contributed by atoms with E-state index in [1.54, 1.807) is 13.0 Å². The predicted octanol–water partition coefficient (Wildman–Crippen LogP) is 2.86. The minimum Gasteiger partial charge on any atom is -0.443 e. The summed E-state index contributed by atoms with van der Waals surface area (Å²) in [6, 6.07) is 0. The standard InChI is InChI=1S/C9H15ClO2/c1-3-5-7-8(10)12-9(11)6-4-2/h4,6,8H,3,5,7H2,1-2H3. The van der Waals surface area contributed by atoms with Gasteiger partial charge >= 0.3 is 5.97 Å². The van der Waals surface area contributed by atoms with Gasteiger partial charge in [-0.2, -0.15) is 0 Å². The molecule has 0 heterocycles. The number of alkyl halides is 1. The van der Waals surface area contributed by atoms with Crippen molar-refractivity contribution in [3.8, 4) is 0 Å². The Labute approximate surface area is 78.5 Å². The largest absolute Gasteiger partial charge is 0.443 e. The van der Waals surface area contributed by atoms with E-state index >= 15 is 0 Å². The number of ether oxygens (including phenoxy) is 1. The third-order valence-electron chi connectivity index (χ3n) is 1.33. The summed E-state index contributed by atoms with van der Waals surface area (Å²) in [6.07, 6.45) is 5.76. The van der Waals surface area contributed by atoms with Crippen molar-refractivity contribution < 1.29 is 9.53 Å². The maximum absolute atomic E-state index is 10.8. The summed E-state index contributed by atoms with van der Waals surface area (Å²) in [7, 11) is 0. The molecule has 0 radical (unpaired) electrons. The quantitative estimate of drug-likeness (QED) is 0.379. The summed E-state index contributed by atoms with van der Waals surface area (Å²) in [6.45, 7) is 3.83. The monoisotopic (exact) mass is 190 g/mol. The molecular formula is C9H15ClO2. The molecule has 0 amide bonds. The van der Waals surface area contributed by atoms with Gasteiger partial charge in [-0.15, -0.1) is 0 Å². The molecule has 3 heteroatoms. The molecule has 70 valence electrons. The molecule has 12 heavy (non-hydrogen) atoms. The molecule has 2 nitrogen and oxygen atoms in total. The van der Waals surface area contributed by atoms with E-state index in [-0.39, 0.29) is 5.97 Å². The Bertz CT molecular complexity index is 155. The molecule has 0 aliphatic carbocycles. The highest BCUT2D eigenvalue weighted by atomic mass is 35.5. The van der Waals surface area contributed by atoms with E-state index in [9.17, 15) is 4.79 Å². The van der Waals surface area contributed by atoms with E-state index < -0.39 is 5.56 Å². The third kappa shape index (κ3) is 6.23. The lowest BCUT2D eigenvalue weighted by Gasteiger charge is -2.07. The van der Waals surface area contributed by atoms with Crippen LogP contribution in [0.3, 0.4) is 0 Å². The third-order valence-corrected chi connectivity index (χ3v) is 1.64. The van der Waals surface area contributed by atoms with Gasteiger partial charge in [-0.25, -0.2) is 4.79 Å². The molecule has 0 fully saturated rings. The first-order valence-corrected chi connectivity index (χ1v) is 4.61. The summed E-state index contributed by atoms with van der Waals surface area (Å²) < 4.78 is 4.83. The van der Waals surface area contributed by atoms with Crippen LogP contribution in [0.25, 0.3) is 0 Å². The van der Waals surface area contributed by atoms with Crippen molar-refractivity contribution in [2.75, 3.05) is 0 Å². The fourth-order valence-electron chi connectivity index (χ4n) is 0.725. The van der Waals surface area contributed by atoms with E-state index in [2.05, 4.69) is 6.92 Å². The Morgan fingerprint density at radius 2 is 2.33 bits per heavy atom. The van der Waals surface area contributed by atoms with Crippen LogP contribution in [0.15, 0.2) is 12.2 Å². The molecule has 0 N–H and O–H groups in total. The van der Waals surface area contributed by atoms with Gasteiger partial charge in [0, 0.05) is 6.08 Å². The summed E-state index contributed by atoms with van der Waals surface area (Å²) in [4.78, 5) is 10.8. The lowest BCUT2D eigenvalue weighted by atomic mass is 10.3. The van der Waals surface area contributed by atoms with Crippen molar-refractivity contribution in [2.45, 2.75) is 38.7 Å². The number of allylic oxidation sites excluding steroid dienone is 1. The van der Waals surface area contributed by atoms with Gasteiger partial charge in [0.25, 0.3) is 0 Å². The van der Waals surface area contributed by atoms with Gasteiger partial charge in [0.15, 0.2) is 5.56 Å². The number of halogens is 1. The highest BCUT2D eigenvalue weighted by molar-refractivity contribution is 6.20. The van der Waals surface area contributed by atoms with Gasteiger partial charge in [-0.3, -0.25) is 0 Å². The average molecular weight is 191 g/mol. The van der Waals surface area contributed by atoms with Crippen molar-refractivity contribution in [3.63, 3.8) is 0 Å². The van der Waals surface area contributed by atoms with Crippen molar-refractivity contribution in [2.24, 2.45) is 0 Å². The van der Waals surface area contributed by atoms with E-state index in [1.807, 2.05) is 0 Å². The molecule has 0 saturated heterocycles. The zero-order valence-electron chi connectivity index (χ0n) is 7.55. The first-order valence-electron chi connectivity index (χ1n) is 4.18. The first-order chi connectivity index (χ1) is 5.70. The van der Waals surface area contributed by atoms with E-state index in [1.165, 1.54) is 6.08 Å². The maximum atomic E-state index is 10.8. The molecule has 0 rings (SSSR count). The van der Waals surface area contributed by atoms with Crippen LogP contribution in [0.4, 0.5) is 0 Å². The number of hydrogen-bond donors (Lipinski definition) is 0. The van der Waals surface area contributed by atoms with Gasteiger partial charge in [0.1, 0.15) is 0 Å². The molecule has 0 aromatic carbocycles. The molecule has 0 saturated carbocycles. The molecule has 0 spiro atoms. The van der Waals surface area contributed by atoms with Crippen molar-refractivity contribution in [1.29, 1.82) is 0 Å². The van der Waals surface area contributed by atoms with Gasteiger partial charge < -0.3 is 4.74 Å². The topological polar surface area (TPSA) is 26.3 Å². The Kier molecular flexibility index (Phi) is 6.87. The highest BCUT2D eigenvalue weighted by Gasteiger charge is 2.06. The second-order valence-corrected chi connectivity index (χ2v) is 2.98. The van der Waals surface area contributed by atoms with E-state index in [0.29, 0.717) is 0 Å². The van der Waals surface area contributed by atoms with Crippen LogP contribution in [0.2, 0.25) is 0 Å². The highest BCUT2D eigenvalue weighted by Crippen LogP contribution is 2.09. The fraction of sp³-hybridized carbons (Fsp3) is 0.667. The Morgan fingerprint density at radius 1 is 1.67 bits per heavy atom. The minimum absolute atomic E-state index is 0.367. The zero-order valence-corrected chi connectivity index (χ0v) is 8.30. The van der Waals surface area contributed by atoms with Gasteiger partial charge in [-0.1, -0.05) is 31.0 Å². The molecular weight excluding hydrogens is 176 g/mol. The van der Waals surface area contributed by atoms with Crippen molar-refractivity contribution in [3.05, 3.63) is 12.2 Å². The van der Waals surface area contributed by atoms with E-state index in [0.717, 1.165) is 19.3 Å². The van der Waals surface area contributed by atoms with Crippen molar-refractivity contribution in [1.82, 2.24) is 0 Å². The van der Waals surface area contributed by atoms with Gasteiger partial charge in [0.05, 0.1) is 0 Å². The smallest absolute Gasteiger partial charge is 0.331 e. The fourth-order valence-corrected chi connectivity index (χ4v) is 0.967. The Balaban J connectivity index is 3.53. The SMILES string of the molecule is CC=CC(=O)OC(Cl)CCCC. The van der Waals surface area contributed by atoms with Gasteiger partial charge in [-0.05, 0) is 19.8 Å². The number of carbonyl (C=O) groups is 1. The second-order valence-electron chi connectivity index (χ2n) is 2.49. The van der Waals surface area contributed by atoms with Gasteiger partial charge in [0.2, 0.25) is 0 Å². The number of esters is 1.